The maximum atomic E-state index is 12.1. The predicted octanol–water partition coefficient (Wildman–Crippen LogP) is 4.42. The van der Waals surface area contributed by atoms with E-state index in [0.29, 0.717) is 12.1 Å². The molecule has 0 aliphatic rings. The van der Waals surface area contributed by atoms with Crippen molar-refractivity contribution >= 4 is 28.6 Å². The van der Waals surface area contributed by atoms with Crippen LogP contribution in [0.5, 0.6) is 5.75 Å². The van der Waals surface area contributed by atoms with Gasteiger partial charge < -0.3 is 10.1 Å². The third-order valence-corrected chi connectivity index (χ3v) is 4.90. The summed E-state index contributed by atoms with van der Waals surface area (Å²) in [6.45, 7) is 0.541. The zero-order valence-electron chi connectivity index (χ0n) is 12.0. The predicted molar refractivity (Wildman–Crippen MR) is 91.8 cm³/mol. The normalized spacial score (nSPS) is 10.4. The Balaban J connectivity index is 1.61. The molecule has 0 atom stereocenters. The monoisotopic (exact) mass is 329 g/mol. The zero-order valence-corrected chi connectivity index (χ0v) is 13.7. The Morgan fingerprint density at radius 2 is 1.95 bits per heavy atom. The highest BCUT2D eigenvalue weighted by atomic mass is 32.1. The largest absolute Gasteiger partial charge is 0.497 e. The topological polar surface area (TPSA) is 38.3 Å². The van der Waals surface area contributed by atoms with Gasteiger partial charge in [-0.1, -0.05) is 0 Å². The molecule has 112 valence electrons. The van der Waals surface area contributed by atoms with Gasteiger partial charge in [0, 0.05) is 10.4 Å². The van der Waals surface area contributed by atoms with Gasteiger partial charge in [-0.15, -0.1) is 11.3 Å². The maximum absolute atomic E-state index is 12.1. The van der Waals surface area contributed by atoms with Crippen molar-refractivity contribution in [1.82, 2.24) is 5.32 Å². The second-order valence-corrected chi connectivity index (χ2v) is 6.50. The van der Waals surface area contributed by atoms with Crippen LogP contribution in [-0.2, 0) is 6.54 Å². The summed E-state index contributed by atoms with van der Waals surface area (Å²) in [6.07, 6.45) is 0. The van der Waals surface area contributed by atoms with Crippen LogP contribution in [0.4, 0.5) is 0 Å². The Morgan fingerprint density at radius 1 is 1.14 bits per heavy atom. The lowest BCUT2D eigenvalue weighted by atomic mass is 10.2. The number of carbonyl (C=O) groups excluding carboxylic acids is 1. The summed E-state index contributed by atoms with van der Waals surface area (Å²) in [4.78, 5) is 13.2. The first-order valence-electron chi connectivity index (χ1n) is 6.78. The van der Waals surface area contributed by atoms with E-state index in [1.54, 1.807) is 54.0 Å². The van der Waals surface area contributed by atoms with Crippen molar-refractivity contribution in [2.75, 3.05) is 7.11 Å². The first kappa shape index (κ1) is 14.8. The highest BCUT2D eigenvalue weighted by Gasteiger charge is 2.07. The molecular weight excluding hydrogens is 314 g/mol. The second-order valence-electron chi connectivity index (χ2n) is 4.72. The van der Waals surface area contributed by atoms with Gasteiger partial charge in [0.05, 0.1) is 13.7 Å². The standard InChI is InChI=1S/C17H15NO2S2/c1-20-15-4-2-12(3-5-15)17(19)18-9-16-8-14(11-22-16)13-6-7-21-10-13/h2-8,10-11H,9H2,1H3,(H,18,19). The lowest BCUT2D eigenvalue weighted by molar-refractivity contribution is 0.0951. The summed E-state index contributed by atoms with van der Waals surface area (Å²) < 4.78 is 5.09. The molecule has 3 rings (SSSR count). The van der Waals surface area contributed by atoms with E-state index < -0.39 is 0 Å². The van der Waals surface area contributed by atoms with Gasteiger partial charge in [0.25, 0.3) is 5.91 Å². The fourth-order valence-electron chi connectivity index (χ4n) is 2.07. The van der Waals surface area contributed by atoms with Crippen LogP contribution in [0.3, 0.4) is 0 Å². The third kappa shape index (κ3) is 3.37. The molecule has 1 N–H and O–H groups in total. The lowest BCUT2D eigenvalue weighted by Crippen LogP contribution is -2.22. The van der Waals surface area contributed by atoms with Crippen LogP contribution < -0.4 is 10.1 Å². The average molecular weight is 329 g/mol. The van der Waals surface area contributed by atoms with E-state index in [9.17, 15) is 4.79 Å². The summed E-state index contributed by atoms with van der Waals surface area (Å²) in [5.74, 6) is 0.670. The van der Waals surface area contributed by atoms with Crippen LogP contribution in [0.1, 0.15) is 15.2 Å². The van der Waals surface area contributed by atoms with Crippen LogP contribution in [0.25, 0.3) is 11.1 Å². The van der Waals surface area contributed by atoms with Crippen molar-refractivity contribution in [2.45, 2.75) is 6.54 Å². The van der Waals surface area contributed by atoms with E-state index in [-0.39, 0.29) is 5.91 Å². The van der Waals surface area contributed by atoms with Crippen LogP contribution >= 0.6 is 22.7 Å². The number of ether oxygens (including phenoxy) is 1. The number of nitrogens with one attached hydrogen (secondary N) is 1. The van der Waals surface area contributed by atoms with Crippen molar-refractivity contribution in [1.29, 1.82) is 0 Å². The minimum Gasteiger partial charge on any atom is -0.497 e. The zero-order chi connectivity index (χ0) is 15.4. The van der Waals surface area contributed by atoms with Crippen LogP contribution in [0.2, 0.25) is 0 Å². The second kappa shape index (κ2) is 6.77. The number of hydrogen-bond donors (Lipinski definition) is 1. The third-order valence-electron chi connectivity index (χ3n) is 3.28. The molecule has 5 heteroatoms. The Hall–Kier alpha value is -2.11. The summed E-state index contributed by atoms with van der Waals surface area (Å²) in [5.41, 5.74) is 3.07. The minimum absolute atomic E-state index is 0.0758. The Kier molecular flexibility index (Phi) is 4.56. The summed E-state index contributed by atoms with van der Waals surface area (Å²) in [6, 6.07) is 11.3. The lowest BCUT2D eigenvalue weighted by Gasteiger charge is -2.04. The van der Waals surface area contributed by atoms with E-state index in [2.05, 4.69) is 33.6 Å². The van der Waals surface area contributed by atoms with Crippen molar-refractivity contribution in [3.63, 3.8) is 0 Å². The fraction of sp³-hybridized carbons (Fsp3) is 0.118. The van der Waals surface area contributed by atoms with Gasteiger partial charge in [-0.3, -0.25) is 4.79 Å². The molecule has 0 bridgehead atoms. The molecule has 2 heterocycles. The van der Waals surface area contributed by atoms with Gasteiger partial charge in [-0.25, -0.2) is 0 Å². The SMILES string of the molecule is COc1ccc(C(=O)NCc2cc(-c3ccsc3)cs2)cc1. The molecule has 3 aromatic rings. The molecule has 0 saturated heterocycles. The number of hydrogen-bond acceptors (Lipinski definition) is 4. The molecule has 3 nitrogen and oxygen atoms in total. The molecule has 0 saturated carbocycles. The number of thiophene rings is 2. The molecule has 0 spiro atoms. The molecule has 0 fully saturated rings. The highest BCUT2D eigenvalue weighted by Crippen LogP contribution is 2.27. The van der Waals surface area contributed by atoms with Crippen LogP contribution in [-0.4, -0.2) is 13.0 Å². The van der Waals surface area contributed by atoms with Crippen LogP contribution in [0, 0.1) is 0 Å². The van der Waals surface area contributed by atoms with E-state index in [1.807, 2.05) is 0 Å². The number of carbonyl (C=O) groups is 1. The molecule has 0 radical (unpaired) electrons. The van der Waals surface area contributed by atoms with E-state index in [0.717, 1.165) is 10.6 Å². The summed E-state index contributed by atoms with van der Waals surface area (Å²) >= 11 is 3.35. The van der Waals surface area contributed by atoms with Crippen molar-refractivity contribution < 1.29 is 9.53 Å². The highest BCUT2D eigenvalue weighted by molar-refractivity contribution is 7.10. The molecule has 2 aromatic heterocycles. The van der Waals surface area contributed by atoms with Crippen LogP contribution in [0.15, 0.2) is 52.5 Å². The van der Waals surface area contributed by atoms with Crippen molar-refractivity contribution in [2.24, 2.45) is 0 Å². The van der Waals surface area contributed by atoms with E-state index in [1.165, 1.54) is 11.1 Å². The Morgan fingerprint density at radius 3 is 2.64 bits per heavy atom. The maximum Gasteiger partial charge on any atom is 0.251 e. The number of benzene rings is 1. The Labute approximate surface area is 137 Å². The van der Waals surface area contributed by atoms with Gasteiger partial charge in [0.15, 0.2) is 0 Å². The van der Waals surface area contributed by atoms with Gasteiger partial charge in [0.2, 0.25) is 0 Å². The molecule has 1 aromatic carbocycles. The summed E-state index contributed by atoms with van der Waals surface area (Å²) in [5, 5.41) is 9.26. The first-order valence-corrected chi connectivity index (χ1v) is 8.61. The molecule has 0 aliphatic heterocycles. The number of amides is 1. The number of methoxy groups -OCH3 is 1. The molecule has 0 unspecified atom stereocenters. The van der Waals surface area contributed by atoms with Gasteiger partial charge >= 0.3 is 0 Å². The van der Waals surface area contributed by atoms with Crippen molar-refractivity contribution in [3.05, 3.63) is 63.0 Å². The first-order chi connectivity index (χ1) is 10.8. The van der Waals surface area contributed by atoms with E-state index in [4.69, 9.17) is 4.74 Å². The molecular formula is C17H15NO2S2. The molecule has 22 heavy (non-hydrogen) atoms. The smallest absolute Gasteiger partial charge is 0.251 e. The van der Waals surface area contributed by atoms with Gasteiger partial charge in [0.1, 0.15) is 5.75 Å². The average Bonchev–Trinajstić information content (AvgIpc) is 3.23. The fourth-order valence-corrected chi connectivity index (χ4v) is 3.56. The van der Waals surface area contributed by atoms with Gasteiger partial charge in [-0.2, -0.15) is 11.3 Å². The minimum atomic E-state index is -0.0758. The summed E-state index contributed by atoms with van der Waals surface area (Å²) in [7, 11) is 1.61. The quantitative estimate of drug-likeness (QED) is 0.753. The van der Waals surface area contributed by atoms with E-state index >= 15 is 0 Å². The Bertz CT molecular complexity index is 745. The molecule has 1 amide bonds. The molecule has 0 aliphatic carbocycles. The van der Waals surface area contributed by atoms with Gasteiger partial charge in [-0.05, 0) is 63.7 Å². The van der Waals surface area contributed by atoms with Crippen molar-refractivity contribution in [3.8, 4) is 16.9 Å². The number of rotatable bonds is 5.